The molecular weight excluding hydrogens is 408 g/mol. The van der Waals surface area contributed by atoms with Gasteiger partial charge in [-0.05, 0) is 56.9 Å². The van der Waals surface area contributed by atoms with E-state index in [1.54, 1.807) is 0 Å². The summed E-state index contributed by atoms with van der Waals surface area (Å²) < 4.78 is 6.04. The van der Waals surface area contributed by atoms with Gasteiger partial charge in [0.05, 0.1) is 23.7 Å². The quantitative estimate of drug-likeness (QED) is 0.642. The van der Waals surface area contributed by atoms with Crippen LogP contribution >= 0.6 is 11.6 Å². The number of dihydropyridines is 1. The van der Waals surface area contributed by atoms with Crippen LogP contribution in [0.1, 0.15) is 56.6 Å². The number of nitriles is 1. The maximum Gasteiger partial charge on any atom is 0.162 e. The van der Waals surface area contributed by atoms with Gasteiger partial charge >= 0.3 is 0 Å². The van der Waals surface area contributed by atoms with E-state index in [9.17, 15) is 10.1 Å². The van der Waals surface area contributed by atoms with E-state index in [2.05, 4.69) is 11.4 Å². The number of carbonyl (C=O) groups is 1. The number of nitrogens with zero attached hydrogens (tertiary/aromatic N) is 1. The number of carbonyl (C=O) groups excluding carboxylic acids is 1. The van der Waals surface area contributed by atoms with E-state index in [0.29, 0.717) is 34.8 Å². The molecule has 0 saturated heterocycles. The molecule has 4 nitrogen and oxygen atoms in total. The molecule has 2 atom stereocenters. The van der Waals surface area contributed by atoms with Crippen molar-refractivity contribution in [1.29, 1.82) is 5.26 Å². The van der Waals surface area contributed by atoms with Crippen molar-refractivity contribution in [2.24, 2.45) is 0 Å². The lowest BCUT2D eigenvalue weighted by molar-refractivity contribution is -0.116. The van der Waals surface area contributed by atoms with Gasteiger partial charge in [-0.25, -0.2) is 0 Å². The number of rotatable bonds is 4. The first-order valence-corrected chi connectivity index (χ1v) is 10.9. The van der Waals surface area contributed by atoms with Gasteiger partial charge in [-0.1, -0.05) is 41.9 Å². The second-order valence-corrected chi connectivity index (χ2v) is 8.82. The Labute approximate surface area is 188 Å². The lowest BCUT2D eigenvalue weighted by atomic mass is 9.72. The molecule has 1 N–H and O–H groups in total. The number of hydrogen-bond donors (Lipinski definition) is 1. The van der Waals surface area contributed by atoms with E-state index < -0.39 is 5.92 Å². The van der Waals surface area contributed by atoms with Gasteiger partial charge in [0.2, 0.25) is 0 Å². The van der Waals surface area contributed by atoms with Crippen molar-refractivity contribution in [2.75, 3.05) is 0 Å². The Kier molecular flexibility index (Phi) is 5.89. The Balaban J connectivity index is 1.80. The number of allylic oxidation sites excluding steroid dienone is 4. The van der Waals surface area contributed by atoms with E-state index in [4.69, 9.17) is 16.3 Å². The van der Waals surface area contributed by atoms with Gasteiger partial charge in [-0.15, -0.1) is 0 Å². The highest BCUT2D eigenvalue weighted by atomic mass is 35.5. The molecule has 0 spiro atoms. The van der Waals surface area contributed by atoms with Crippen molar-refractivity contribution in [2.45, 2.75) is 51.6 Å². The Hall–Kier alpha value is -3.03. The second-order valence-electron chi connectivity index (χ2n) is 8.39. The predicted octanol–water partition coefficient (Wildman–Crippen LogP) is 6.01. The normalized spacial score (nSPS) is 21.0. The molecule has 1 aliphatic heterocycles. The average Bonchev–Trinajstić information content (AvgIpc) is 2.73. The van der Waals surface area contributed by atoms with Crippen LogP contribution in [0.3, 0.4) is 0 Å². The molecule has 2 aromatic carbocycles. The first-order valence-electron chi connectivity index (χ1n) is 10.5. The fraction of sp³-hybridized carbons (Fsp3) is 0.308. The fourth-order valence-electron chi connectivity index (χ4n) is 4.55. The molecule has 4 rings (SSSR count). The summed E-state index contributed by atoms with van der Waals surface area (Å²) in [5, 5.41) is 14.0. The lowest BCUT2D eigenvalue weighted by Gasteiger charge is -2.36. The van der Waals surface area contributed by atoms with Crippen LogP contribution in [-0.2, 0) is 4.79 Å². The summed E-state index contributed by atoms with van der Waals surface area (Å²) in [4.78, 5) is 13.5. The molecule has 31 heavy (non-hydrogen) atoms. The summed E-state index contributed by atoms with van der Waals surface area (Å²) in [7, 11) is 0. The molecule has 0 bridgehead atoms. The third kappa shape index (κ3) is 4.11. The second kappa shape index (κ2) is 8.61. The number of ether oxygens (including phenoxy) is 1. The highest BCUT2D eigenvalue weighted by molar-refractivity contribution is 6.30. The molecule has 2 aromatic rings. The SMILES string of the molecule is CC1=C(C#N)[C@@H](c2ccccc2OC(C)C)C2=C(C[C@@H](c3ccc(Cl)cc3)CC2=O)N1. The highest BCUT2D eigenvalue weighted by Crippen LogP contribution is 2.47. The molecule has 0 radical (unpaired) electrons. The van der Waals surface area contributed by atoms with E-state index >= 15 is 0 Å². The number of nitrogens with one attached hydrogen (secondary N) is 1. The smallest absolute Gasteiger partial charge is 0.162 e. The van der Waals surface area contributed by atoms with Gasteiger partial charge in [0, 0.05) is 34.0 Å². The Morgan fingerprint density at radius 3 is 2.52 bits per heavy atom. The average molecular weight is 433 g/mol. The first-order chi connectivity index (χ1) is 14.9. The molecule has 158 valence electrons. The van der Waals surface area contributed by atoms with Gasteiger partial charge in [0.1, 0.15) is 5.75 Å². The summed E-state index contributed by atoms with van der Waals surface area (Å²) in [5.74, 6) is 0.438. The van der Waals surface area contributed by atoms with Crippen LogP contribution in [0.5, 0.6) is 5.75 Å². The summed E-state index contributed by atoms with van der Waals surface area (Å²) in [6.07, 6.45) is 1.11. The molecular formula is C26H25ClN2O2. The Morgan fingerprint density at radius 1 is 1.13 bits per heavy atom. The number of Topliss-reactive ketones (excluding diaryl/α,β-unsaturated/α-hetero) is 1. The van der Waals surface area contributed by atoms with E-state index in [1.165, 1.54) is 0 Å². The molecule has 1 heterocycles. The molecule has 2 aliphatic rings. The zero-order chi connectivity index (χ0) is 22.1. The lowest BCUT2D eigenvalue weighted by Crippen LogP contribution is -2.33. The van der Waals surface area contributed by atoms with Crippen LogP contribution in [0.4, 0.5) is 0 Å². The molecule has 0 aromatic heterocycles. The van der Waals surface area contributed by atoms with E-state index in [0.717, 1.165) is 22.5 Å². The largest absolute Gasteiger partial charge is 0.491 e. The van der Waals surface area contributed by atoms with Gasteiger partial charge in [-0.3, -0.25) is 4.79 Å². The maximum atomic E-state index is 13.5. The molecule has 1 aliphatic carbocycles. The van der Waals surface area contributed by atoms with E-state index in [1.807, 2.05) is 69.3 Å². The van der Waals surface area contributed by atoms with Crippen LogP contribution in [0.2, 0.25) is 5.02 Å². The van der Waals surface area contributed by atoms with Crippen LogP contribution < -0.4 is 10.1 Å². The molecule has 0 fully saturated rings. The summed E-state index contributed by atoms with van der Waals surface area (Å²) >= 11 is 6.04. The minimum Gasteiger partial charge on any atom is -0.491 e. The van der Waals surface area contributed by atoms with Crippen molar-refractivity contribution in [1.82, 2.24) is 5.32 Å². The summed E-state index contributed by atoms with van der Waals surface area (Å²) in [5.41, 5.74) is 4.90. The number of halogens is 1. The summed E-state index contributed by atoms with van der Waals surface area (Å²) in [6, 6.07) is 17.8. The van der Waals surface area contributed by atoms with E-state index in [-0.39, 0.29) is 17.8 Å². The molecule has 5 heteroatoms. The topological polar surface area (TPSA) is 62.1 Å². The van der Waals surface area contributed by atoms with Crippen molar-refractivity contribution in [3.05, 3.63) is 87.2 Å². The van der Waals surface area contributed by atoms with Crippen molar-refractivity contribution in [3.63, 3.8) is 0 Å². The standard InChI is InChI=1S/C26H25ClN2O2/c1-15(2)31-24-7-5-4-6-20(24)25-21(14-28)16(3)29-22-12-18(13-23(30)26(22)25)17-8-10-19(27)11-9-17/h4-11,15,18,25,29H,12-13H2,1-3H3/t18-,25-/m1/s1. The van der Waals surface area contributed by atoms with Crippen LogP contribution in [0.25, 0.3) is 0 Å². The number of benzene rings is 2. The first kappa shape index (κ1) is 21.2. The Morgan fingerprint density at radius 2 is 1.84 bits per heavy atom. The van der Waals surface area contributed by atoms with Crippen LogP contribution in [0.15, 0.2) is 71.1 Å². The maximum absolute atomic E-state index is 13.5. The third-order valence-electron chi connectivity index (χ3n) is 5.88. The number of para-hydroxylation sites is 1. The molecule has 0 amide bonds. The van der Waals surface area contributed by atoms with Crippen molar-refractivity contribution < 1.29 is 9.53 Å². The third-order valence-corrected chi connectivity index (χ3v) is 6.13. The van der Waals surface area contributed by atoms with Gasteiger partial charge in [0.25, 0.3) is 0 Å². The van der Waals surface area contributed by atoms with Crippen LogP contribution in [-0.4, -0.2) is 11.9 Å². The summed E-state index contributed by atoms with van der Waals surface area (Å²) in [6.45, 7) is 5.84. The minimum atomic E-state index is -0.421. The van der Waals surface area contributed by atoms with Gasteiger partial charge < -0.3 is 10.1 Å². The van der Waals surface area contributed by atoms with Crippen molar-refractivity contribution >= 4 is 17.4 Å². The van der Waals surface area contributed by atoms with Crippen LogP contribution in [0, 0.1) is 11.3 Å². The van der Waals surface area contributed by atoms with Gasteiger partial charge in [0.15, 0.2) is 5.78 Å². The minimum absolute atomic E-state index is 0.0109. The molecule has 0 saturated carbocycles. The monoisotopic (exact) mass is 432 g/mol. The number of ketones is 1. The zero-order valence-electron chi connectivity index (χ0n) is 17.9. The zero-order valence-corrected chi connectivity index (χ0v) is 18.7. The Bertz CT molecular complexity index is 1120. The molecule has 0 unspecified atom stereocenters. The highest BCUT2D eigenvalue weighted by Gasteiger charge is 2.40. The van der Waals surface area contributed by atoms with Gasteiger partial charge in [-0.2, -0.15) is 5.26 Å². The van der Waals surface area contributed by atoms with Crippen molar-refractivity contribution in [3.8, 4) is 11.8 Å². The fourth-order valence-corrected chi connectivity index (χ4v) is 4.67. The predicted molar refractivity (Wildman–Crippen MR) is 122 cm³/mol. The number of hydrogen-bond acceptors (Lipinski definition) is 4.